The van der Waals surface area contributed by atoms with Gasteiger partial charge in [-0.3, -0.25) is 9.59 Å². The monoisotopic (exact) mass is 361 g/mol. The van der Waals surface area contributed by atoms with E-state index < -0.39 is 5.38 Å². The van der Waals surface area contributed by atoms with Gasteiger partial charge in [0.05, 0.1) is 5.39 Å². The highest BCUT2D eigenvalue weighted by Crippen LogP contribution is 2.25. The van der Waals surface area contributed by atoms with Gasteiger partial charge in [-0.15, -0.1) is 11.6 Å². The average Bonchev–Trinajstić information content (AvgIpc) is 2.55. The maximum absolute atomic E-state index is 12.4. The Morgan fingerprint density at radius 3 is 2.50 bits per heavy atom. The van der Waals surface area contributed by atoms with Gasteiger partial charge >= 0.3 is 0 Å². The minimum Gasteiger partial charge on any atom is -0.456 e. The zero-order valence-electron chi connectivity index (χ0n) is 12.7. The van der Waals surface area contributed by atoms with Crippen LogP contribution in [0.25, 0.3) is 22.3 Å². The maximum Gasteiger partial charge on any atom is 0.242 e. The van der Waals surface area contributed by atoms with E-state index in [-0.39, 0.29) is 11.3 Å². The lowest BCUT2D eigenvalue weighted by Crippen LogP contribution is -2.20. The van der Waals surface area contributed by atoms with Crippen LogP contribution in [0.5, 0.6) is 0 Å². The van der Waals surface area contributed by atoms with Crippen LogP contribution in [0, 0.1) is 0 Å². The molecular formula is C18H13Cl2NO3. The normalized spacial score (nSPS) is 12.1. The SMILES string of the molecule is CC(Cl)C(=O)Nc1ccc2oc(-c3ccc(Cl)cc3)cc(=O)c2c1. The Labute approximate surface area is 148 Å². The van der Waals surface area contributed by atoms with Crippen molar-refractivity contribution in [3.63, 3.8) is 0 Å². The molecule has 1 heterocycles. The van der Waals surface area contributed by atoms with Crippen LogP contribution >= 0.6 is 23.2 Å². The Bertz CT molecular complexity index is 962. The molecule has 24 heavy (non-hydrogen) atoms. The Balaban J connectivity index is 2.02. The molecule has 2 aromatic carbocycles. The number of anilines is 1. The summed E-state index contributed by atoms with van der Waals surface area (Å²) in [4.78, 5) is 24.0. The molecule has 0 bridgehead atoms. The highest BCUT2D eigenvalue weighted by Gasteiger charge is 2.11. The molecule has 6 heteroatoms. The second-order valence-electron chi connectivity index (χ2n) is 5.30. The molecule has 1 unspecified atom stereocenters. The molecule has 3 rings (SSSR count). The number of carbonyl (C=O) groups excluding carboxylic acids is 1. The molecule has 0 fully saturated rings. The van der Waals surface area contributed by atoms with Crippen LogP contribution in [0.15, 0.2) is 57.7 Å². The number of nitrogens with one attached hydrogen (secondary N) is 1. The topological polar surface area (TPSA) is 59.3 Å². The van der Waals surface area contributed by atoms with Gasteiger partial charge in [0.25, 0.3) is 0 Å². The Morgan fingerprint density at radius 1 is 1.12 bits per heavy atom. The van der Waals surface area contributed by atoms with Crippen molar-refractivity contribution in [3.8, 4) is 11.3 Å². The number of hydrogen-bond acceptors (Lipinski definition) is 3. The third-order valence-corrected chi connectivity index (χ3v) is 3.93. The molecule has 0 radical (unpaired) electrons. The molecular weight excluding hydrogens is 349 g/mol. The number of fused-ring (bicyclic) bond motifs is 1. The van der Waals surface area contributed by atoms with Crippen LogP contribution in [-0.2, 0) is 4.79 Å². The van der Waals surface area contributed by atoms with Gasteiger partial charge in [0, 0.05) is 22.3 Å². The largest absolute Gasteiger partial charge is 0.456 e. The fraction of sp³-hybridized carbons (Fsp3) is 0.111. The molecule has 1 aromatic heterocycles. The summed E-state index contributed by atoms with van der Waals surface area (Å²) >= 11 is 11.6. The molecule has 3 aromatic rings. The van der Waals surface area contributed by atoms with E-state index in [9.17, 15) is 9.59 Å². The van der Waals surface area contributed by atoms with E-state index in [0.717, 1.165) is 5.56 Å². The minimum absolute atomic E-state index is 0.198. The quantitative estimate of drug-likeness (QED) is 0.689. The highest BCUT2D eigenvalue weighted by atomic mass is 35.5. The Morgan fingerprint density at radius 2 is 1.83 bits per heavy atom. The summed E-state index contributed by atoms with van der Waals surface area (Å²) in [7, 11) is 0. The summed E-state index contributed by atoms with van der Waals surface area (Å²) in [6.07, 6.45) is 0. The van der Waals surface area contributed by atoms with E-state index in [2.05, 4.69) is 5.32 Å². The van der Waals surface area contributed by atoms with Crippen LogP contribution in [0.1, 0.15) is 6.92 Å². The van der Waals surface area contributed by atoms with Gasteiger partial charge in [0.15, 0.2) is 5.43 Å². The van der Waals surface area contributed by atoms with Gasteiger partial charge in [-0.05, 0) is 49.4 Å². The average molecular weight is 362 g/mol. The van der Waals surface area contributed by atoms with Crippen molar-refractivity contribution in [2.75, 3.05) is 5.32 Å². The molecule has 0 aliphatic carbocycles. The predicted molar refractivity (Wildman–Crippen MR) is 96.9 cm³/mol. The van der Waals surface area contributed by atoms with Gasteiger partial charge in [-0.25, -0.2) is 0 Å². The molecule has 0 aliphatic heterocycles. The molecule has 0 saturated carbocycles. The molecule has 0 saturated heterocycles. The standard InChI is InChI=1S/C18H13Cl2NO3/c1-10(19)18(23)21-13-6-7-16-14(8-13)15(22)9-17(24-16)11-2-4-12(20)5-3-11/h2-10H,1H3,(H,21,23). The lowest BCUT2D eigenvalue weighted by molar-refractivity contribution is -0.115. The lowest BCUT2D eigenvalue weighted by Gasteiger charge is -2.08. The number of halogens is 2. The number of benzene rings is 2. The van der Waals surface area contributed by atoms with Crippen molar-refractivity contribution in [1.29, 1.82) is 0 Å². The molecule has 1 N–H and O–H groups in total. The van der Waals surface area contributed by atoms with Crippen molar-refractivity contribution < 1.29 is 9.21 Å². The van der Waals surface area contributed by atoms with E-state index in [4.69, 9.17) is 27.6 Å². The highest BCUT2D eigenvalue weighted by molar-refractivity contribution is 6.32. The van der Waals surface area contributed by atoms with Gasteiger partial charge in [-0.1, -0.05) is 11.6 Å². The fourth-order valence-corrected chi connectivity index (χ4v) is 2.41. The summed E-state index contributed by atoms with van der Waals surface area (Å²) in [6, 6.07) is 13.3. The maximum atomic E-state index is 12.4. The van der Waals surface area contributed by atoms with Crippen molar-refractivity contribution >= 4 is 45.8 Å². The first-order chi connectivity index (χ1) is 11.4. The first-order valence-electron chi connectivity index (χ1n) is 7.23. The van der Waals surface area contributed by atoms with Crippen molar-refractivity contribution in [3.05, 3.63) is 63.8 Å². The number of amides is 1. The minimum atomic E-state index is -0.663. The molecule has 4 nitrogen and oxygen atoms in total. The number of hydrogen-bond donors (Lipinski definition) is 1. The molecule has 0 aliphatic rings. The van der Waals surface area contributed by atoms with E-state index in [1.807, 2.05) is 0 Å². The zero-order valence-corrected chi connectivity index (χ0v) is 14.2. The van der Waals surface area contributed by atoms with Crippen molar-refractivity contribution in [1.82, 2.24) is 0 Å². The van der Waals surface area contributed by atoms with Gasteiger partial charge in [-0.2, -0.15) is 0 Å². The molecule has 0 spiro atoms. The lowest BCUT2D eigenvalue weighted by atomic mass is 10.1. The zero-order chi connectivity index (χ0) is 17.3. The number of carbonyl (C=O) groups is 1. The third kappa shape index (κ3) is 3.45. The Hall–Kier alpha value is -2.30. The summed E-state index contributed by atoms with van der Waals surface area (Å²) in [5, 5.41) is 2.97. The van der Waals surface area contributed by atoms with E-state index >= 15 is 0 Å². The third-order valence-electron chi connectivity index (χ3n) is 3.48. The van der Waals surface area contributed by atoms with Crippen LogP contribution in [0.3, 0.4) is 0 Å². The number of rotatable bonds is 3. The smallest absolute Gasteiger partial charge is 0.242 e. The summed E-state index contributed by atoms with van der Waals surface area (Å²) in [5.41, 5.74) is 1.49. The van der Waals surface area contributed by atoms with Crippen molar-refractivity contribution in [2.24, 2.45) is 0 Å². The van der Waals surface area contributed by atoms with Crippen LogP contribution in [0.4, 0.5) is 5.69 Å². The number of alkyl halides is 1. The van der Waals surface area contributed by atoms with Crippen LogP contribution in [0.2, 0.25) is 5.02 Å². The molecule has 1 amide bonds. The van der Waals surface area contributed by atoms with Gasteiger partial charge in [0.2, 0.25) is 5.91 Å². The van der Waals surface area contributed by atoms with Crippen LogP contribution < -0.4 is 10.7 Å². The van der Waals surface area contributed by atoms with Gasteiger partial charge < -0.3 is 9.73 Å². The summed E-state index contributed by atoms with van der Waals surface area (Å²) < 4.78 is 5.79. The summed E-state index contributed by atoms with van der Waals surface area (Å²) in [5.74, 6) is 0.119. The van der Waals surface area contributed by atoms with E-state index in [0.29, 0.717) is 27.4 Å². The first kappa shape index (κ1) is 16.6. The van der Waals surface area contributed by atoms with Crippen molar-refractivity contribution in [2.45, 2.75) is 12.3 Å². The predicted octanol–water partition coefficient (Wildman–Crippen LogP) is 4.68. The second kappa shape index (κ2) is 6.67. The fourth-order valence-electron chi connectivity index (χ4n) is 2.23. The molecule has 122 valence electrons. The second-order valence-corrected chi connectivity index (χ2v) is 6.39. The van der Waals surface area contributed by atoms with E-state index in [1.54, 1.807) is 49.4 Å². The Kier molecular flexibility index (Phi) is 4.60. The summed E-state index contributed by atoms with van der Waals surface area (Å²) in [6.45, 7) is 1.57. The molecule has 1 atom stereocenters. The van der Waals surface area contributed by atoms with Gasteiger partial charge in [0.1, 0.15) is 16.7 Å². The van der Waals surface area contributed by atoms with Crippen LogP contribution in [-0.4, -0.2) is 11.3 Å². The first-order valence-corrected chi connectivity index (χ1v) is 8.04. The van der Waals surface area contributed by atoms with E-state index in [1.165, 1.54) is 6.07 Å².